The molecular weight excluding hydrogens is 228 g/mol. The third-order valence-electron chi connectivity index (χ3n) is 2.21. The highest BCUT2D eigenvalue weighted by Crippen LogP contribution is 2.27. The minimum Gasteiger partial charge on any atom is -0.496 e. The molecule has 5 heteroatoms. The molecule has 0 spiro atoms. The fourth-order valence-electron chi connectivity index (χ4n) is 1.58. The van der Waals surface area contributed by atoms with Gasteiger partial charge in [0, 0.05) is 18.2 Å². The Kier molecular flexibility index (Phi) is 3.93. The molecule has 0 radical (unpaired) electrons. The average Bonchev–Trinajstić information content (AvgIpc) is 2.15. The van der Waals surface area contributed by atoms with Crippen LogP contribution in [0.25, 0.3) is 0 Å². The summed E-state index contributed by atoms with van der Waals surface area (Å²) in [5.74, 6) is 0.490. The molecule has 1 unspecified atom stereocenters. The Morgan fingerprint density at radius 1 is 1.44 bits per heavy atom. The summed E-state index contributed by atoms with van der Waals surface area (Å²) in [7, 11) is -1.82. The summed E-state index contributed by atoms with van der Waals surface area (Å²) in [5.41, 5.74) is 0.530. The predicted octanol–water partition coefficient (Wildman–Crippen LogP) is 1.02. The third-order valence-corrected chi connectivity index (χ3v) is 3.39. The lowest BCUT2D eigenvalue weighted by Crippen LogP contribution is -2.11. The predicted molar refractivity (Wildman–Crippen MR) is 61.5 cm³/mol. The molecule has 1 atom stereocenters. The highest BCUT2D eigenvalue weighted by atomic mass is 32.2. The van der Waals surface area contributed by atoms with Gasteiger partial charge in [-0.15, -0.1) is 0 Å². The molecule has 0 heterocycles. The van der Waals surface area contributed by atoms with Crippen LogP contribution in [0.5, 0.6) is 5.75 Å². The van der Waals surface area contributed by atoms with Crippen molar-refractivity contribution in [3.05, 3.63) is 23.8 Å². The molecule has 0 aliphatic heterocycles. The van der Waals surface area contributed by atoms with Crippen molar-refractivity contribution >= 4 is 9.84 Å². The molecule has 0 aliphatic carbocycles. The van der Waals surface area contributed by atoms with E-state index in [2.05, 4.69) is 0 Å². The second-order valence-corrected chi connectivity index (χ2v) is 5.75. The SMILES string of the molecule is COc1cccc(S(C)(=O)=O)c1CC(C)O. The maximum atomic E-state index is 11.6. The summed E-state index contributed by atoms with van der Waals surface area (Å²) in [6.07, 6.45) is 0.788. The van der Waals surface area contributed by atoms with Gasteiger partial charge in [-0.2, -0.15) is 0 Å². The molecule has 90 valence electrons. The lowest BCUT2D eigenvalue weighted by atomic mass is 10.1. The van der Waals surface area contributed by atoms with Gasteiger partial charge in [-0.05, 0) is 19.1 Å². The van der Waals surface area contributed by atoms with Gasteiger partial charge < -0.3 is 9.84 Å². The van der Waals surface area contributed by atoms with Crippen LogP contribution < -0.4 is 4.74 Å². The second kappa shape index (κ2) is 4.84. The number of rotatable bonds is 4. The van der Waals surface area contributed by atoms with Crippen molar-refractivity contribution in [3.8, 4) is 5.75 Å². The van der Waals surface area contributed by atoms with Gasteiger partial charge in [0.15, 0.2) is 9.84 Å². The highest BCUT2D eigenvalue weighted by Gasteiger charge is 2.18. The highest BCUT2D eigenvalue weighted by molar-refractivity contribution is 7.90. The first-order chi connectivity index (χ1) is 7.36. The first-order valence-corrected chi connectivity index (χ1v) is 6.79. The summed E-state index contributed by atoms with van der Waals surface area (Å²) in [6.45, 7) is 1.61. The minimum atomic E-state index is -3.30. The molecule has 1 N–H and O–H groups in total. The molecule has 0 amide bonds. The summed E-state index contributed by atoms with van der Waals surface area (Å²) >= 11 is 0. The summed E-state index contributed by atoms with van der Waals surface area (Å²) < 4.78 is 28.2. The molecule has 4 nitrogen and oxygen atoms in total. The molecule has 0 bridgehead atoms. The van der Waals surface area contributed by atoms with E-state index >= 15 is 0 Å². The van der Waals surface area contributed by atoms with E-state index in [0.29, 0.717) is 11.3 Å². The smallest absolute Gasteiger partial charge is 0.175 e. The molecule has 16 heavy (non-hydrogen) atoms. The number of aliphatic hydroxyl groups excluding tert-OH is 1. The van der Waals surface area contributed by atoms with Crippen LogP contribution in [0, 0.1) is 0 Å². The van der Waals surface area contributed by atoms with Crippen molar-refractivity contribution in [1.29, 1.82) is 0 Å². The Balaban J connectivity index is 3.38. The molecule has 0 aromatic heterocycles. The number of sulfone groups is 1. The first kappa shape index (κ1) is 13.0. The van der Waals surface area contributed by atoms with E-state index in [1.165, 1.54) is 13.2 Å². The van der Waals surface area contributed by atoms with Crippen LogP contribution in [0.1, 0.15) is 12.5 Å². The van der Waals surface area contributed by atoms with E-state index in [1.807, 2.05) is 0 Å². The summed E-state index contributed by atoms with van der Waals surface area (Å²) in [6, 6.07) is 4.84. The Hall–Kier alpha value is -1.07. The van der Waals surface area contributed by atoms with Crippen molar-refractivity contribution in [1.82, 2.24) is 0 Å². The van der Waals surface area contributed by atoms with E-state index in [-0.39, 0.29) is 11.3 Å². The molecule has 1 aromatic rings. The lowest BCUT2D eigenvalue weighted by molar-refractivity contribution is 0.193. The number of hydrogen-bond acceptors (Lipinski definition) is 4. The average molecular weight is 244 g/mol. The van der Waals surface area contributed by atoms with E-state index < -0.39 is 15.9 Å². The van der Waals surface area contributed by atoms with Crippen LogP contribution in [0.3, 0.4) is 0 Å². The zero-order chi connectivity index (χ0) is 12.3. The van der Waals surface area contributed by atoms with Crippen molar-refractivity contribution in [2.75, 3.05) is 13.4 Å². The third kappa shape index (κ3) is 2.96. The first-order valence-electron chi connectivity index (χ1n) is 4.90. The number of aliphatic hydroxyl groups is 1. The molecule has 0 saturated carbocycles. The van der Waals surface area contributed by atoms with Gasteiger partial charge in [0.25, 0.3) is 0 Å². The fourth-order valence-corrected chi connectivity index (χ4v) is 2.54. The number of benzene rings is 1. The van der Waals surface area contributed by atoms with Gasteiger partial charge in [0.05, 0.1) is 18.1 Å². The molecular formula is C11H16O4S. The van der Waals surface area contributed by atoms with Crippen molar-refractivity contribution < 1.29 is 18.3 Å². The van der Waals surface area contributed by atoms with Crippen LogP contribution in [0.4, 0.5) is 0 Å². The standard InChI is InChI=1S/C11H16O4S/c1-8(12)7-9-10(15-2)5-4-6-11(9)16(3,13)14/h4-6,8,12H,7H2,1-3H3. The van der Waals surface area contributed by atoms with Gasteiger partial charge >= 0.3 is 0 Å². The molecule has 0 aliphatic rings. The monoisotopic (exact) mass is 244 g/mol. The molecule has 1 rings (SSSR count). The van der Waals surface area contributed by atoms with Gasteiger partial charge in [-0.3, -0.25) is 0 Å². The quantitative estimate of drug-likeness (QED) is 0.859. The molecule has 0 fully saturated rings. The Morgan fingerprint density at radius 3 is 2.50 bits per heavy atom. The van der Waals surface area contributed by atoms with Gasteiger partial charge in [-0.25, -0.2) is 8.42 Å². The van der Waals surface area contributed by atoms with Crippen molar-refractivity contribution in [2.45, 2.75) is 24.3 Å². The Bertz CT molecular complexity index is 463. The fraction of sp³-hybridized carbons (Fsp3) is 0.455. The van der Waals surface area contributed by atoms with E-state index in [1.54, 1.807) is 19.1 Å². The van der Waals surface area contributed by atoms with E-state index in [4.69, 9.17) is 4.74 Å². The maximum absolute atomic E-state index is 11.6. The largest absolute Gasteiger partial charge is 0.496 e. The van der Waals surface area contributed by atoms with Gasteiger partial charge in [-0.1, -0.05) is 6.07 Å². The zero-order valence-corrected chi connectivity index (χ0v) is 10.4. The zero-order valence-electron chi connectivity index (χ0n) is 9.60. The lowest BCUT2D eigenvalue weighted by Gasteiger charge is -2.13. The Morgan fingerprint density at radius 2 is 2.06 bits per heavy atom. The van der Waals surface area contributed by atoms with Crippen LogP contribution >= 0.6 is 0 Å². The minimum absolute atomic E-state index is 0.216. The van der Waals surface area contributed by atoms with Crippen LogP contribution in [0.15, 0.2) is 23.1 Å². The topological polar surface area (TPSA) is 63.6 Å². The number of hydrogen-bond donors (Lipinski definition) is 1. The second-order valence-electron chi connectivity index (χ2n) is 3.76. The van der Waals surface area contributed by atoms with Gasteiger partial charge in [0.1, 0.15) is 5.75 Å². The summed E-state index contributed by atoms with van der Waals surface area (Å²) in [5, 5.41) is 9.37. The molecule has 1 aromatic carbocycles. The maximum Gasteiger partial charge on any atom is 0.175 e. The van der Waals surface area contributed by atoms with Gasteiger partial charge in [0.2, 0.25) is 0 Å². The normalized spacial score (nSPS) is 13.5. The van der Waals surface area contributed by atoms with Crippen molar-refractivity contribution in [2.24, 2.45) is 0 Å². The molecule has 0 saturated heterocycles. The van der Waals surface area contributed by atoms with E-state index in [9.17, 15) is 13.5 Å². The number of ether oxygens (including phenoxy) is 1. The number of methoxy groups -OCH3 is 1. The summed E-state index contributed by atoms with van der Waals surface area (Å²) in [4.78, 5) is 0.216. The van der Waals surface area contributed by atoms with Crippen LogP contribution in [-0.2, 0) is 16.3 Å². The Labute approximate surface area is 95.8 Å². The van der Waals surface area contributed by atoms with Crippen molar-refractivity contribution in [3.63, 3.8) is 0 Å². The van der Waals surface area contributed by atoms with Crippen LogP contribution in [-0.4, -0.2) is 33.0 Å². The van der Waals surface area contributed by atoms with Crippen LogP contribution in [0.2, 0.25) is 0 Å². The van der Waals surface area contributed by atoms with E-state index in [0.717, 1.165) is 6.26 Å².